The number of morpholine rings is 1. The first-order valence-electron chi connectivity index (χ1n) is 9.57. The van der Waals surface area contributed by atoms with Gasteiger partial charge in [0.25, 0.3) is 0 Å². The minimum absolute atomic E-state index is 0. The highest BCUT2D eigenvalue weighted by Crippen LogP contribution is 2.15. The van der Waals surface area contributed by atoms with Crippen molar-refractivity contribution in [3.8, 4) is 0 Å². The molecule has 9 heteroatoms. The maximum Gasteiger partial charge on any atom is 0.243 e. The minimum Gasteiger partial charge on any atom is -0.464 e. The van der Waals surface area contributed by atoms with Crippen LogP contribution in [0.3, 0.4) is 0 Å². The molecule has 1 atom stereocenters. The summed E-state index contributed by atoms with van der Waals surface area (Å²) in [7, 11) is 3.46. The number of carbonyl (C=O) groups is 1. The molecular weight excluding hydrogens is 473 g/mol. The van der Waals surface area contributed by atoms with E-state index in [1.807, 2.05) is 26.0 Å². The van der Waals surface area contributed by atoms with Crippen LogP contribution in [0.15, 0.2) is 21.5 Å². The van der Waals surface area contributed by atoms with Gasteiger partial charge in [-0.15, -0.1) is 24.0 Å². The van der Waals surface area contributed by atoms with Crippen LogP contribution in [0.4, 0.5) is 0 Å². The van der Waals surface area contributed by atoms with Gasteiger partial charge in [0.1, 0.15) is 18.1 Å². The Labute approximate surface area is 185 Å². The average Bonchev–Trinajstić information content (AvgIpc) is 3.10. The van der Waals surface area contributed by atoms with E-state index in [9.17, 15) is 4.79 Å². The molecule has 1 aliphatic heterocycles. The maximum absolute atomic E-state index is 11.9. The van der Waals surface area contributed by atoms with Crippen molar-refractivity contribution in [1.29, 1.82) is 0 Å². The van der Waals surface area contributed by atoms with E-state index in [-0.39, 0.29) is 42.5 Å². The second kappa shape index (κ2) is 13.0. The smallest absolute Gasteiger partial charge is 0.243 e. The SMILES string of the molecule is Cc1ccc(C(C)NC(=NCC(=O)N(C)C)NCCCN2CCOCC2)o1.I. The van der Waals surface area contributed by atoms with Crippen LogP contribution in [0.5, 0.6) is 0 Å². The summed E-state index contributed by atoms with van der Waals surface area (Å²) >= 11 is 0. The minimum atomic E-state index is -0.0429. The van der Waals surface area contributed by atoms with Gasteiger partial charge in [-0.3, -0.25) is 9.69 Å². The zero-order valence-corrected chi connectivity index (χ0v) is 19.7. The summed E-state index contributed by atoms with van der Waals surface area (Å²) in [6, 6.07) is 3.85. The molecule has 1 amide bonds. The lowest BCUT2D eigenvalue weighted by Crippen LogP contribution is -2.42. The number of likely N-dealkylation sites (N-methyl/N-ethyl adjacent to an activating group) is 1. The molecule has 160 valence electrons. The van der Waals surface area contributed by atoms with E-state index in [1.165, 1.54) is 0 Å². The molecule has 1 fully saturated rings. The largest absolute Gasteiger partial charge is 0.464 e. The van der Waals surface area contributed by atoms with Crippen LogP contribution in [0.2, 0.25) is 0 Å². The van der Waals surface area contributed by atoms with Crippen LogP contribution < -0.4 is 10.6 Å². The highest BCUT2D eigenvalue weighted by Gasteiger charge is 2.13. The number of furan rings is 1. The molecule has 1 unspecified atom stereocenters. The predicted molar refractivity (Wildman–Crippen MR) is 121 cm³/mol. The number of guanidine groups is 1. The van der Waals surface area contributed by atoms with Gasteiger partial charge in [-0.25, -0.2) is 4.99 Å². The highest BCUT2D eigenvalue weighted by molar-refractivity contribution is 14.0. The Balaban J connectivity index is 0.00000392. The van der Waals surface area contributed by atoms with E-state index >= 15 is 0 Å². The van der Waals surface area contributed by atoms with Crippen LogP contribution in [-0.4, -0.2) is 81.7 Å². The fourth-order valence-corrected chi connectivity index (χ4v) is 2.74. The fourth-order valence-electron chi connectivity index (χ4n) is 2.74. The molecule has 2 rings (SSSR count). The summed E-state index contributed by atoms with van der Waals surface area (Å²) in [6.07, 6.45) is 0.997. The number of aliphatic imine (C=N–C) groups is 1. The molecule has 0 spiro atoms. The van der Waals surface area contributed by atoms with Crippen LogP contribution in [0.1, 0.15) is 30.9 Å². The third-order valence-electron chi connectivity index (χ3n) is 4.46. The molecule has 0 aromatic carbocycles. The van der Waals surface area contributed by atoms with Crippen LogP contribution >= 0.6 is 24.0 Å². The van der Waals surface area contributed by atoms with E-state index < -0.39 is 0 Å². The van der Waals surface area contributed by atoms with Crippen molar-refractivity contribution in [2.24, 2.45) is 4.99 Å². The van der Waals surface area contributed by atoms with E-state index in [0.29, 0.717) is 5.96 Å². The van der Waals surface area contributed by atoms with Gasteiger partial charge in [0.05, 0.1) is 19.3 Å². The molecule has 1 aromatic rings. The highest BCUT2D eigenvalue weighted by atomic mass is 127. The van der Waals surface area contributed by atoms with Crippen molar-refractivity contribution >= 4 is 35.8 Å². The molecule has 0 bridgehead atoms. The summed E-state index contributed by atoms with van der Waals surface area (Å²) in [5.74, 6) is 2.30. The lowest BCUT2D eigenvalue weighted by Gasteiger charge is -2.26. The third-order valence-corrected chi connectivity index (χ3v) is 4.46. The van der Waals surface area contributed by atoms with E-state index in [2.05, 4.69) is 20.5 Å². The number of nitrogens with one attached hydrogen (secondary N) is 2. The van der Waals surface area contributed by atoms with Gasteiger partial charge < -0.3 is 24.7 Å². The standard InChI is InChI=1S/C19H33N5O3.HI/c1-15-6-7-17(27-15)16(2)22-19(21-14-18(25)23(3)4)20-8-5-9-24-10-12-26-13-11-24;/h6-7,16H,5,8-14H2,1-4H3,(H2,20,21,22);1H. The van der Waals surface area contributed by atoms with Crippen molar-refractivity contribution in [2.75, 3.05) is 60.0 Å². The first-order chi connectivity index (χ1) is 13.0. The van der Waals surface area contributed by atoms with E-state index in [4.69, 9.17) is 9.15 Å². The van der Waals surface area contributed by atoms with Gasteiger partial charge in [0, 0.05) is 33.7 Å². The normalized spacial score (nSPS) is 16.2. The first-order valence-corrected chi connectivity index (χ1v) is 9.57. The second-order valence-electron chi connectivity index (χ2n) is 7.00. The summed E-state index contributed by atoms with van der Waals surface area (Å²) in [4.78, 5) is 20.2. The lowest BCUT2D eigenvalue weighted by molar-refractivity contribution is -0.127. The molecule has 28 heavy (non-hydrogen) atoms. The molecule has 0 saturated carbocycles. The Kier molecular flexibility index (Phi) is 11.5. The number of rotatable bonds is 8. The number of carbonyl (C=O) groups excluding carboxylic acids is 1. The number of hydrogen-bond donors (Lipinski definition) is 2. The molecule has 0 radical (unpaired) electrons. The third kappa shape index (κ3) is 8.78. The topological polar surface area (TPSA) is 82.3 Å². The lowest BCUT2D eigenvalue weighted by atomic mass is 10.2. The Morgan fingerprint density at radius 1 is 1.32 bits per heavy atom. The van der Waals surface area contributed by atoms with Crippen molar-refractivity contribution in [2.45, 2.75) is 26.3 Å². The van der Waals surface area contributed by atoms with Crippen molar-refractivity contribution in [3.63, 3.8) is 0 Å². The Hall–Kier alpha value is -1.33. The van der Waals surface area contributed by atoms with E-state index in [1.54, 1.807) is 19.0 Å². The number of aryl methyl sites for hydroxylation is 1. The van der Waals surface area contributed by atoms with Gasteiger partial charge in [0.15, 0.2) is 5.96 Å². The zero-order chi connectivity index (χ0) is 19.6. The average molecular weight is 507 g/mol. The number of nitrogens with zero attached hydrogens (tertiary/aromatic N) is 3. The number of ether oxygens (including phenoxy) is 1. The van der Waals surface area contributed by atoms with Gasteiger partial charge in [-0.05, 0) is 38.9 Å². The Bertz CT molecular complexity index is 614. The van der Waals surface area contributed by atoms with Crippen LogP contribution in [0, 0.1) is 6.92 Å². The molecule has 1 aromatic heterocycles. The van der Waals surface area contributed by atoms with E-state index in [0.717, 1.165) is 57.3 Å². The summed E-state index contributed by atoms with van der Waals surface area (Å²) in [6.45, 7) is 9.45. The Morgan fingerprint density at radius 3 is 2.64 bits per heavy atom. The van der Waals surface area contributed by atoms with Crippen LogP contribution in [0.25, 0.3) is 0 Å². The monoisotopic (exact) mass is 507 g/mol. The maximum atomic E-state index is 11.9. The summed E-state index contributed by atoms with van der Waals surface area (Å²) in [5, 5.41) is 6.65. The van der Waals surface area contributed by atoms with Crippen molar-refractivity contribution < 1.29 is 13.9 Å². The zero-order valence-electron chi connectivity index (χ0n) is 17.4. The van der Waals surface area contributed by atoms with Crippen LogP contribution in [-0.2, 0) is 9.53 Å². The second-order valence-corrected chi connectivity index (χ2v) is 7.00. The van der Waals surface area contributed by atoms with Gasteiger partial charge in [-0.2, -0.15) is 0 Å². The molecule has 8 nitrogen and oxygen atoms in total. The Morgan fingerprint density at radius 2 is 2.04 bits per heavy atom. The predicted octanol–water partition coefficient (Wildman–Crippen LogP) is 1.61. The molecule has 2 heterocycles. The molecule has 1 aliphatic rings. The molecule has 2 N–H and O–H groups in total. The number of amides is 1. The van der Waals surface area contributed by atoms with Crippen molar-refractivity contribution in [1.82, 2.24) is 20.4 Å². The number of halogens is 1. The summed E-state index contributed by atoms with van der Waals surface area (Å²) < 4.78 is 11.1. The van der Waals surface area contributed by atoms with Gasteiger partial charge in [0.2, 0.25) is 5.91 Å². The molecular formula is C19H34IN5O3. The first kappa shape index (κ1) is 24.7. The fraction of sp³-hybridized carbons (Fsp3) is 0.684. The van der Waals surface area contributed by atoms with Gasteiger partial charge >= 0.3 is 0 Å². The quantitative estimate of drug-likeness (QED) is 0.241. The van der Waals surface area contributed by atoms with Gasteiger partial charge in [-0.1, -0.05) is 0 Å². The van der Waals surface area contributed by atoms with Crippen molar-refractivity contribution in [3.05, 3.63) is 23.7 Å². The molecule has 0 aliphatic carbocycles. The molecule has 1 saturated heterocycles. The summed E-state index contributed by atoms with van der Waals surface area (Å²) in [5.41, 5.74) is 0. The number of hydrogen-bond acceptors (Lipinski definition) is 5.